The molecule has 0 saturated carbocycles. The number of hydrogen-bond donors (Lipinski definition) is 4. The van der Waals surface area contributed by atoms with Crippen molar-refractivity contribution in [1.29, 1.82) is 0 Å². The summed E-state index contributed by atoms with van der Waals surface area (Å²) in [6.45, 7) is 0. The quantitative estimate of drug-likeness (QED) is 0.224. The smallest absolute Gasteiger partial charge is 0.343 e. The van der Waals surface area contributed by atoms with Crippen molar-refractivity contribution in [3.05, 3.63) is 71.3 Å². The van der Waals surface area contributed by atoms with Crippen LogP contribution in [0.1, 0.15) is 26.3 Å². The highest BCUT2D eigenvalue weighted by atomic mass is 16.5. The molecule has 8 heteroatoms. The Balaban J connectivity index is 1.92. The summed E-state index contributed by atoms with van der Waals surface area (Å²) in [7, 11) is 1.28. The zero-order valence-electron chi connectivity index (χ0n) is 15.1. The van der Waals surface area contributed by atoms with E-state index < -0.39 is 40.5 Å². The molecule has 0 saturated heterocycles. The van der Waals surface area contributed by atoms with Crippen molar-refractivity contribution in [3.63, 3.8) is 0 Å². The Morgan fingerprint density at radius 1 is 0.793 bits per heavy atom. The van der Waals surface area contributed by atoms with Gasteiger partial charge in [-0.1, -0.05) is 18.2 Å². The van der Waals surface area contributed by atoms with Gasteiger partial charge in [-0.2, -0.15) is 0 Å². The molecule has 0 aromatic heterocycles. The van der Waals surface area contributed by atoms with Gasteiger partial charge in [-0.15, -0.1) is 0 Å². The van der Waals surface area contributed by atoms with E-state index in [-0.39, 0.29) is 22.4 Å². The summed E-state index contributed by atoms with van der Waals surface area (Å²) in [5.41, 5.74) is -0.291. The molecule has 3 rings (SSSR count). The minimum absolute atomic E-state index is 0.0343. The van der Waals surface area contributed by atoms with E-state index >= 15 is 0 Å². The fourth-order valence-electron chi connectivity index (χ4n) is 2.62. The van der Waals surface area contributed by atoms with E-state index in [1.807, 2.05) is 0 Å². The maximum atomic E-state index is 12.6. The number of aromatic hydroxyl groups is 4. The third kappa shape index (κ3) is 3.77. The van der Waals surface area contributed by atoms with Gasteiger partial charge in [0.1, 0.15) is 0 Å². The summed E-state index contributed by atoms with van der Waals surface area (Å²) in [6.07, 6.45) is 0. The van der Waals surface area contributed by atoms with Crippen LogP contribution in [-0.4, -0.2) is 39.3 Å². The van der Waals surface area contributed by atoms with Crippen molar-refractivity contribution in [2.75, 3.05) is 7.11 Å². The van der Waals surface area contributed by atoms with Crippen LogP contribution in [0.5, 0.6) is 34.5 Å². The second kappa shape index (κ2) is 7.81. The van der Waals surface area contributed by atoms with Crippen molar-refractivity contribution in [3.8, 4) is 34.5 Å². The molecule has 0 unspecified atom stereocenters. The average molecular weight is 396 g/mol. The third-order valence-corrected chi connectivity index (χ3v) is 4.09. The maximum absolute atomic E-state index is 12.6. The first-order valence-electron chi connectivity index (χ1n) is 8.30. The lowest BCUT2D eigenvalue weighted by Gasteiger charge is -2.12. The number of carbonyl (C=O) groups is 2. The first-order chi connectivity index (χ1) is 13.8. The molecule has 0 fully saturated rings. The molecule has 0 spiro atoms. The second-order valence-electron chi connectivity index (χ2n) is 5.94. The minimum atomic E-state index is -0.812. The van der Waals surface area contributed by atoms with Gasteiger partial charge in [0.05, 0.1) is 18.2 Å². The highest BCUT2D eigenvalue weighted by Crippen LogP contribution is 2.41. The van der Waals surface area contributed by atoms with Crippen molar-refractivity contribution < 1.29 is 39.5 Å². The Kier molecular flexibility index (Phi) is 5.27. The molecule has 0 aliphatic carbocycles. The molecule has 4 N–H and O–H groups in total. The van der Waals surface area contributed by atoms with Gasteiger partial charge in [0.2, 0.25) is 11.5 Å². The van der Waals surface area contributed by atoms with Gasteiger partial charge in [-0.3, -0.25) is 4.79 Å². The van der Waals surface area contributed by atoms with Crippen molar-refractivity contribution >= 4 is 11.8 Å². The van der Waals surface area contributed by atoms with Gasteiger partial charge >= 0.3 is 5.97 Å². The highest BCUT2D eigenvalue weighted by Gasteiger charge is 2.23. The topological polar surface area (TPSA) is 134 Å². The number of methoxy groups -OCH3 is 1. The van der Waals surface area contributed by atoms with E-state index in [9.17, 15) is 30.0 Å². The van der Waals surface area contributed by atoms with E-state index in [4.69, 9.17) is 9.47 Å². The van der Waals surface area contributed by atoms with Crippen LogP contribution in [0, 0.1) is 0 Å². The summed E-state index contributed by atoms with van der Waals surface area (Å²) >= 11 is 0. The summed E-state index contributed by atoms with van der Waals surface area (Å²) in [6, 6.07) is 12.4. The van der Waals surface area contributed by atoms with Gasteiger partial charge < -0.3 is 29.9 Å². The number of ether oxygens (including phenoxy) is 2. The normalized spacial score (nSPS) is 10.4. The molecule has 3 aromatic carbocycles. The van der Waals surface area contributed by atoms with E-state index in [1.165, 1.54) is 31.4 Å². The minimum Gasteiger partial charge on any atom is -0.504 e. The van der Waals surface area contributed by atoms with Crippen molar-refractivity contribution in [2.24, 2.45) is 0 Å². The highest BCUT2D eigenvalue weighted by molar-refractivity contribution is 6.12. The fraction of sp³-hybridized carbons (Fsp3) is 0.0476. The standard InChI is InChI=1S/C21H16O8/c1-28-16-8-7-13(18(25)19(16)26)17(24)12-9-14(22)20(15(23)10-12)29-21(27)11-5-3-2-4-6-11/h2-10,22-23,25-26H,1H3. The van der Waals surface area contributed by atoms with Crippen LogP contribution in [0.15, 0.2) is 54.6 Å². The summed E-state index contributed by atoms with van der Waals surface area (Å²) in [5, 5.41) is 40.2. The zero-order chi connectivity index (χ0) is 21.1. The van der Waals surface area contributed by atoms with Crippen LogP contribution in [0.25, 0.3) is 0 Å². The Morgan fingerprint density at radius 3 is 2.00 bits per heavy atom. The first-order valence-corrected chi connectivity index (χ1v) is 8.30. The fourth-order valence-corrected chi connectivity index (χ4v) is 2.62. The van der Waals surface area contributed by atoms with Crippen LogP contribution in [-0.2, 0) is 0 Å². The zero-order valence-corrected chi connectivity index (χ0v) is 15.1. The Hall–Kier alpha value is -4.20. The number of esters is 1. The molecule has 0 aliphatic rings. The lowest BCUT2D eigenvalue weighted by molar-refractivity contribution is 0.0724. The van der Waals surface area contributed by atoms with Gasteiger partial charge in [0.15, 0.2) is 28.8 Å². The lowest BCUT2D eigenvalue weighted by Crippen LogP contribution is -2.09. The van der Waals surface area contributed by atoms with Gasteiger partial charge in [0, 0.05) is 5.56 Å². The van der Waals surface area contributed by atoms with E-state index in [0.29, 0.717) is 0 Å². The molecule has 8 nitrogen and oxygen atoms in total. The molecule has 0 atom stereocenters. The number of rotatable bonds is 5. The number of ketones is 1. The number of phenolic OH excluding ortho intramolecular Hbond substituents is 4. The molecule has 0 radical (unpaired) electrons. The average Bonchev–Trinajstić information content (AvgIpc) is 2.72. The van der Waals surface area contributed by atoms with E-state index in [2.05, 4.69) is 0 Å². The molecule has 0 bridgehead atoms. The SMILES string of the molecule is COc1ccc(C(=O)c2cc(O)c(OC(=O)c3ccccc3)c(O)c2)c(O)c1O. The monoisotopic (exact) mass is 396 g/mol. The predicted molar refractivity (Wildman–Crippen MR) is 101 cm³/mol. The van der Waals surface area contributed by atoms with Crippen LogP contribution >= 0.6 is 0 Å². The largest absolute Gasteiger partial charge is 0.504 e. The molecule has 29 heavy (non-hydrogen) atoms. The Bertz CT molecular complexity index is 1070. The molecular formula is C21H16O8. The van der Waals surface area contributed by atoms with Crippen molar-refractivity contribution in [1.82, 2.24) is 0 Å². The van der Waals surface area contributed by atoms with Crippen LogP contribution in [0.2, 0.25) is 0 Å². The number of phenols is 4. The second-order valence-corrected chi connectivity index (χ2v) is 5.94. The number of carbonyl (C=O) groups excluding carboxylic acids is 2. The molecule has 0 aliphatic heterocycles. The first kappa shape index (κ1) is 19.6. The molecular weight excluding hydrogens is 380 g/mol. The Morgan fingerprint density at radius 2 is 1.41 bits per heavy atom. The van der Waals surface area contributed by atoms with E-state index in [1.54, 1.807) is 18.2 Å². The summed E-state index contributed by atoms with van der Waals surface area (Å²) < 4.78 is 9.86. The summed E-state index contributed by atoms with van der Waals surface area (Å²) in [4.78, 5) is 24.8. The van der Waals surface area contributed by atoms with Crippen molar-refractivity contribution in [2.45, 2.75) is 0 Å². The molecule has 0 heterocycles. The lowest BCUT2D eigenvalue weighted by atomic mass is 10.0. The number of benzene rings is 3. The number of hydrogen-bond acceptors (Lipinski definition) is 8. The van der Waals surface area contributed by atoms with Crippen LogP contribution in [0.3, 0.4) is 0 Å². The molecule has 0 amide bonds. The molecule has 3 aromatic rings. The van der Waals surface area contributed by atoms with Gasteiger partial charge in [0.25, 0.3) is 0 Å². The van der Waals surface area contributed by atoms with Gasteiger partial charge in [-0.25, -0.2) is 4.79 Å². The predicted octanol–water partition coefficient (Wildman–Crippen LogP) is 2.97. The summed E-state index contributed by atoms with van der Waals surface area (Å²) in [5.74, 6) is -4.82. The maximum Gasteiger partial charge on any atom is 0.343 e. The van der Waals surface area contributed by atoms with Crippen LogP contribution in [0.4, 0.5) is 0 Å². The van der Waals surface area contributed by atoms with Crippen LogP contribution < -0.4 is 9.47 Å². The third-order valence-electron chi connectivity index (χ3n) is 4.09. The molecule has 148 valence electrons. The van der Waals surface area contributed by atoms with E-state index in [0.717, 1.165) is 12.1 Å². The Labute approximate surface area is 164 Å². The van der Waals surface area contributed by atoms with Gasteiger partial charge in [-0.05, 0) is 36.4 Å².